The fourth-order valence-corrected chi connectivity index (χ4v) is 17.8. The molecule has 1 N–H and O–H groups in total. The van der Waals surface area contributed by atoms with Gasteiger partial charge >= 0.3 is 15.6 Å². The van der Waals surface area contributed by atoms with E-state index >= 15 is 19.2 Å². The van der Waals surface area contributed by atoms with E-state index < -0.39 is 27.4 Å². The van der Waals surface area contributed by atoms with Gasteiger partial charge in [-0.15, -0.1) is 0 Å². The molecule has 6 aliphatic heterocycles. The van der Waals surface area contributed by atoms with Crippen molar-refractivity contribution in [3.8, 4) is 0 Å². The predicted molar refractivity (Wildman–Crippen MR) is 505 cm³/mol. The van der Waals surface area contributed by atoms with Gasteiger partial charge in [0.2, 0.25) is 0 Å². The average Bonchev–Trinajstić information content (AvgIpc) is 1.51. The maximum Gasteiger partial charge on any atom is 0.522 e. The molecule has 4 amide bonds. The molecule has 0 unspecified atom stereocenters. The molecule has 0 radical (unpaired) electrons. The van der Waals surface area contributed by atoms with Crippen molar-refractivity contribution in [1.29, 1.82) is 0 Å². The fraction of sp³-hybridized carbons (Fsp3) is 0.321. The van der Waals surface area contributed by atoms with Gasteiger partial charge in [-0.25, -0.2) is 0 Å². The number of rotatable bonds is 10. The van der Waals surface area contributed by atoms with E-state index in [0.717, 1.165) is 99.5 Å². The molecule has 4 aromatic heterocycles. The number of amides is 4. The van der Waals surface area contributed by atoms with Crippen LogP contribution in [0.2, 0.25) is 0 Å². The molecule has 0 bridgehead atoms. The third-order valence-corrected chi connectivity index (χ3v) is 25.6. The Kier molecular flexibility index (Phi) is 21.6. The molecule has 18 rings (SSSR count). The van der Waals surface area contributed by atoms with Gasteiger partial charge in [0.25, 0.3) is 23.6 Å². The van der Waals surface area contributed by atoms with Gasteiger partial charge < -0.3 is 17.7 Å². The van der Waals surface area contributed by atoms with E-state index in [-0.39, 0.29) is 114 Å². The summed E-state index contributed by atoms with van der Waals surface area (Å²) in [6.45, 7) is 51.6. The molecule has 0 aliphatic carbocycles. The minimum absolute atomic E-state index is 0.0611. The van der Waals surface area contributed by atoms with Crippen molar-refractivity contribution >= 4 is 123 Å². The first-order valence-electron chi connectivity index (χ1n) is 43.8. The first kappa shape index (κ1) is 90.6. The Bertz CT molecular complexity index is 6760. The third kappa shape index (κ3) is 15.8. The van der Waals surface area contributed by atoms with Crippen molar-refractivity contribution in [1.82, 2.24) is 19.6 Å². The highest BCUT2D eigenvalue weighted by atomic mass is 32.2. The van der Waals surface area contributed by atoms with Crippen molar-refractivity contribution in [2.24, 2.45) is 0 Å². The molecule has 12 aromatic rings. The Balaban J connectivity index is 0.000000176. The Morgan fingerprint density at radius 2 is 0.608 bits per heavy atom. The lowest BCUT2D eigenvalue weighted by Crippen LogP contribution is -2.35. The van der Waals surface area contributed by atoms with E-state index in [2.05, 4.69) is 239 Å². The number of halogens is 3. The van der Waals surface area contributed by atoms with Crippen LogP contribution in [0.5, 0.6) is 0 Å². The van der Waals surface area contributed by atoms with Crippen LogP contribution < -0.4 is 0 Å². The molecule has 0 fully saturated rings. The largest absolute Gasteiger partial charge is 0.522 e. The number of alkyl halides is 3. The zero-order chi connectivity index (χ0) is 94.4. The van der Waals surface area contributed by atoms with E-state index in [1.807, 2.05) is 73.1 Å². The monoisotopic (exact) mass is 1770 g/mol. The molecule has 0 spiro atoms. The number of hydrogen-bond donors (Lipinski definition) is 1. The predicted octanol–water partition coefficient (Wildman–Crippen LogP) is 25.3. The highest BCUT2D eigenvalue weighted by Crippen LogP contribution is 2.59. The van der Waals surface area contributed by atoms with E-state index in [9.17, 15) is 22.8 Å². The molecule has 0 atom stereocenters. The summed E-state index contributed by atoms with van der Waals surface area (Å²) < 4.78 is 85.4. The van der Waals surface area contributed by atoms with Crippen LogP contribution in [-0.4, -0.2) is 86.4 Å². The summed E-state index contributed by atoms with van der Waals surface area (Å²) in [6.07, 6.45) is 3.84. The molecule has 130 heavy (non-hydrogen) atoms. The van der Waals surface area contributed by atoms with Crippen LogP contribution >= 0.6 is 0 Å². The first-order valence-corrected chi connectivity index (χ1v) is 45.2. The topological polar surface area (TPSA) is 222 Å². The number of carbonyl (C=O) groups is 6. The van der Waals surface area contributed by atoms with Gasteiger partial charge in [-0.05, 0) is 113 Å². The SMILES string of the molecule is CC(C)(C)c1cc(C(C)(C)C)c2oc(C3=C4C(=O)N(CC(=O)c5ccccc5)C(c5cc6cc(C(C)(C)C)cc(C(C)(C)C)c6o5)=C4C(=O)N3CC(=O)c3ccccc3)cc2c1.CC(C)(C)c1cc(C(C)(C)C)c2oc3c(c2c1)C(c1ccccc1)=CN1C(=O)C2=C4c5oc6c(C(C)(C)C)cc(C(C)(C)C)cc6c5C(c5ccccc5)=CN4C(=O)C2=C31.O=S(=O)(O)C(F)(F)F. The van der Waals surface area contributed by atoms with E-state index in [1.165, 1.54) is 20.9 Å². The van der Waals surface area contributed by atoms with E-state index in [0.29, 0.717) is 56.4 Å². The minimum atomic E-state index is -5.84. The van der Waals surface area contributed by atoms with Crippen molar-refractivity contribution in [3.05, 3.63) is 318 Å². The van der Waals surface area contributed by atoms with Gasteiger partial charge in [-0.3, -0.25) is 52.9 Å². The lowest BCUT2D eigenvalue weighted by Gasteiger charge is -2.27. The Labute approximate surface area is 756 Å². The zero-order valence-electron chi connectivity index (χ0n) is 78.1. The van der Waals surface area contributed by atoms with Crippen LogP contribution in [0.4, 0.5) is 13.2 Å². The number of ketones is 2. The van der Waals surface area contributed by atoms with Crippen LogP contribution in [-0.2, 0) is 72.6 Å². The molecule has 0 saturated heterocycles. The summed E-state index contributed by atoms with van der Waals surface area (Å²) in [5.74, 6) is -0.711. The third-order valence-electron chi connectivity index (χ3n) is 25.0. The quantitative estimate of drug-likeness (QED) is 0.0765. The fourth-order valence-electron chi connectivity index (χ4n) is 17.8. The summed E-state index contributed by atoms with van der Waals surface area (Å²) in [4.78, 5) is 95.6. The highest BCUT2D eigenvalue weighted by molar-refractivity contribution is 7.86. The van der Waals surface area contributed by atoms with Crippen LogP contribution in [0, 0.1) is 0 Å². The number of nitrogens with zero attached hydrogens (tertiary/aromatic N) is 4. The number of fused-ring (bicyclic) bond motifs is 14. The van der Waals surface area contributed by atoms with Crippen molar-refractivity contribution in [2.75, 3.05) is 13.1 Å². The number of furan rings is 4. The van der Waals surface area contributed by atoms with Gasteiger partial charge in [0.05, 0.1) is 35.4 Å². The van der Waals surface area contributed by atoms with Gasteiger partial charge in [0.1, 0.15) is 45.1 Å². The molecule has 0 saturated carbocycles. The highest BCUT2D eigenvalue weighted by Gasteiger charge is 2.56. The standard InChI is InChI=1S/C54H56N2O6.C54H52N2O4.CHF3O3S/c1-51(2,3)35-23-33-25-41(61-47(33)37(27-35)53(7,8)9)45-43-44(50(60)55(45)29-39(57)31-19-15-13-16-20-31)46(56(49(43)59)30-40(58)32-21-17-14-18-22-32)42-26-34-24-36(52(4,5)6)28-38(48(34)62-42)54(10,11)12;1-51(2,3)31-23-33-39-35(29-19-15-13-16-20-29)27-55-43(47(39)59-45(33)37(25-31)53(7,8)9)41-42(50(55)58)44-48-40(36(28-56(44)49(41)57)30-21-17-14-18-22-30)34-24-32(52(4,5)6)26-38(46(34)60-48)54(10,11)12;2-1(3,4)8(5,6)7/h13-28H,29-30H2,1-12H3;13-28H,1-12H3;(H,5,6,7). The normalized spacial score (nSPS) is 15.8. The smallest absolute Gasteiger partial charge is 0.454 e. The maximum absolute atomic E-state index is 15.3. The van der Waals surface area contributed by atoms with E-state index in [4.69, 9.17) is 30.6 Å². The van der Waals surface area contributed by atoms with Gasteiger partial charge in [-0.2, -0.15) is 21.6 Å². The van der Waals surface area contributed by atoms with Gasteiger partial charge in [-0.1, -0.05) is 312 Å². The number of carbonyl (C=O) groups excluding carboxylic acids is 6. The van der Waals surface area contributed by atoms with Crippen LogP contribution in [0.15, 0.2) is 234 Å². The zero-order valence-corrected chi connectivity index (χ0v) is 78.9. The van der Waals surface area contributed by atoms with E-state index in [1.54, 1.807) is 58.3 Å². The number of Topliss-reactive ketones (excluding diaryl/α,β-unsaturated/α-hetero) is 2. The molecule has 17 nitrogen and oxygen atoms in total. The summed E-state index contributed by atoms with van der Waals surface area (Å²) in [6, 6.07) is 59.2. The molecule has 10 heterocycles. The van der Waals surface area contributed by atoms with Gasteiger partial charge in [0.15, 0.2) is 34.6 Å². The van der Waals surface area contributed by atoms with Crippen LogP contribution in [0.25, 0.3) is 77.8 Å². The lowest BCUT2D eigenvalue weighted by atomic mass is 9.79. The molecule has 670 valence electrons. The molecule has 21 heteroatoms. The van der Waals surface area contributed by atoms with Crippen molar-refractivity contribution in [3.63, 3.8) is 0 Å². The second-order valence-corrected chi connectivity index (χ2v) is 44.3. The minimum Gasteiger partial charge on any atom is -0.454 e. The Morgan fingerprint density at radius 1 is 0.338 bits per heavy atom. The number of benzene rings is 8. The first-order chi connectivity index (χ1) is 60.3. The molecule has 6 aliphatic rings. The summed E-state index contributed by atoms with van der Waals surface area (Å²) in [5.41, 5.74) is 12.5. The second-order valence-electron chi connectivity index (χ2n) is 42.9. The van der Waals surface area contributed by atoms with Crippen molar-refractivity contribution in [2.45, 2.75) is 215 Å². The molecular formula is C109H109F3N4O13S. The summed E-state index contributed by atoms with van der Waals surface area (Å²) in [5, 5.41) is 3.57. The lowest BCUT2D eigenvalue weighted by molar-refractivity contribution is -0.123. The second kappa shape index (κ2) is 31.0. The summed E-state index contributed by atoms with van der Waals surface area (Å²) >= 11 is 0. The average molecular weight is 1770 g/mol. The van der Waals surface area contributed by atoms with Crippen molar-refractivity contribution < 1.29 is 72.6 Å². The van der Waals surface area contributed by atoms with Gasteiger partial charge in [0, 0.05) is 89.6 Å². The van der Waals surface area contributed by atoms with Crippen LogP contribution in [0.1, 0.15) is 277 Å². The molecular weight excluding hydrogens is 1660 g/mol. The summed E-state index contributed by atoms with van der Waals surface area (Å²) in [7, 11) is -5.84. The molecule has 8 aromatic carbocycles. The number of hydrogen-bond acceptors (Lipinski definition) is 12. The maximum atomic E-state index is 15.3. The Morgan fingerprint density at radius 3 is 0.885 bits per heavy atom. The van der Waals surface area contributed by atoms with Crippen LogP contribution in [0.3, 0.4) is 0 Å². The Hall–Kier alpha value is -12.7.